The Morgan fingerprint density at radius 3 is 3.00 bits per heavy atom. The number of ether oxygens (including phenoxy) is 1. The number of piperidine rings is 1. The van der Waals surface area contributed by atoms with Gasteiger partial charge in [-0.05, 0) is 48.7 Å². The van der Waals surface area contributed by atoms with Crippen molar-refractivity contribution >= 4 is 23.3 Å². The number of carbonyl (C=O) groups excluding carboxylic acids is 2. The second kappa shape index (κ2) is 7.88. The van der Waals surface area contributed by atoms with E-state index in [2.05, 4.69) is 10.6 Å². The molecule has 0 bridgehead atoms. The summed E-state index contributed by atoms with van der Waals surface area (Å²) in [6, 6.07) is 11.6. The Labute approximate surface area is 162 Å². The highest BCUT2D eigenvalue weighted by Crippen LogP contribution is 2.27. The van der Waals surface area contributed by atoms with E-state index in [-0.39, 0.29) is 29.4 Å². The Morgan fingerprint density at radius 2 is 2.14 bits per heavy atom. The van der Waals surface area contributed by atoms with Crippen LogP contribution in [0.2, 0.25) is 0 Å². The maximum atomic E-state index is 13.7. The van der Waals surface area contributed by atoms with E-state index in [1.807, 2.05) is 6.07 Å². The van der Waals surface area contributed by atoms with Crippen LogP contribution in [-0.4, -0.2) is 36.5 Å². The molecule has 1 fully saturated rings. The monoisotopic (exact) mass is 383 g/mol. The van der Waals surface area contributed by atoms with Gasteiger partial charge in [0.15, 0.2) is 11.6 Å². The van der Waals surface area contributed by atoms with E-state index in [1.165, 1.54) is 6.07 Å². The molecule has 2 aliphatic rings. The van der Waals surface area contributed by atoms with Gasteiger partial charge in [0.1, 0.15) is 0 Å². The number of halogens is 1. The van der Waals surface area contributed by atoms with Gasteiger partial charge in [0, 0.05) is 30.4 Å². The molecule has 0 unspecified atom stereocenters. The number of urea groups is 1. The highest BCUT2D eigenvalue weighted by molar-refractivity contribution is 6.00. The molecular weight excluding hydrogens is 361 g/mol. The molecule has 2 aliphatic heterocycles. The third kappa shape index (κ3) is 4.08. The summed E-state index contributed by atoms with van der Waals surface area (Å²) in [5.41, 5.74) is 2.36. The van der Waals surface area contributed by atoms with E-state index in [1.54, 1.807) is 35.2 Å². The van der Waals surface area contributed by atoms with Crippen LogP contribution in [0.15, 0.2) is 42.5 Å². The number of anilines is 2. The van der Waals surface area contributed by atoms with Crippen LogP contribution >= 0.6 is 0 Å². The number of hydrogen-bond donors (Lipinski definition) is 2. The Balaban J connectivity index is 1.33. The van der Waals surface area contributed by atoms with Gasteiger partial charge >= 0.3 is 6.03 Å². The van der Waals surface area contributed by atoms with E-state index < -0.39 is 0 Å². The van der Waals surface area contributed by atoms with Gasteiger partial charge in [-0.1, -0.05) is 12.1 Å². The van der Waals surface area contributed by atoms with Gasteiger partial charge in [-0.25, -0.2) is 9.18 Å². The van der Waals surface area contributed by atoms with Crippen molar-refractivity contribution in [2.75, 3.05) is 30.3 Å². The van der Waals surface area contributed by atoms with Crippen molar-refractivity contribution in [2.24, 2.45) is 5.92 Å². The number of para-hydroxylation sites is 1. The number of benzene rings is 2. The van der Waals surface area contributed by atoms with Gasteiger partial charge < -0.3 is 20.3 Å². The van der Waals surface area contributed by atoms with Gasteiger partial charge in [0.2, 0.25) is 5.91 Å². The fraction of sp³-hybridized carbons (Fsp3) is 0.333. The summed E-state index contributed by atoms with van der Waals surface area (Å²) in [6.45, 7) is 1.61. The first-order valence-corrected chi connectivity index (χ1v) is 9.44. The van der Waals surface area contributed by atoms with Crippen molar-refractivity contribution in [3.63, 3.8) is 0 Å². The zero-order valence-electron chi connectivity index (χ0n) is 15.4. The second-order valence-corrected chi connectivity index (χ2v) is 7.22. The zero-order valence-corrected chi connectivity index (χ0v) is 15.4. The molecule has 0 aliphatic carbocycles. The van der Waals surface area contributed by atoms with Crippen molar-refractivity contribution in [1.82, 2.24) is 4.90 Å². The second-order valence-electron chi connectivity index (χ2n) is 7.22. The van der Waals surface area contributed by atoms with Crippen molar-refractivity contribution < 1.29 is 18.7 Å². The van der Waals surface area contributed by atoms with E-state index in [9.17, 15) is 14.0 Å². The number of rotatable bonds is 4. The molecule has 146 valence electrons. The maximum absolute atomic E-state index is 13.7. The first kappa shape index (κ1) is 18.3. The molecule has 4 rings (SSSR count). The Hall–Kier alpha value is -3.09. The third-order valence-electron chi connectivity index (χ3n) is 5.10. The van der Waals surface area contributed by atoms with Gasteiger partial charge in [-0.3, -0.25) is 4.79 Å². The van der Waals surface area contributed by atoms with E-state index in [0.29, 0.717) is 31.8 Å². The summed E-state index contributed by atoms with van der Waals surface area (Å²) < 4.78 is 19.3. The molecule has 0 radical (unpaired) electrons. The number of nitrogens with one attached hydrogen (secondary N) is 2. The highest BCUT2D eigenvalue weighted by atomic mass is 19.1. The van der Waals surface area contributed by atoms with Crippen molar-refractivity contribution in [3.05, 3.63) is 53.8 Å². The van der Waals surface area contributed by atoms with Crippen LogP contribution in [0.4, 0.5) is 20.6 Å². The molecule has 2 N–H and O–H groups in total. The lowest BCUT2D eigenvalue weighted by molar-refractivity contribution is -0.115. The summed E-state index contributed by atoms with van der Waals surface area (Å²) >= 11 is 0. The van der Waals surface area contributed by atoms with Gasteiger partial charge in [0.25, 0.3) is 0 Å². The smallest absolute Gasteiger partial charge is 0.321 e. The number of hydrogen-bond acceptors (Lipinski definition) is 3. The first-order valence-electron chi connectivity index (χ1n) is 9.44. The van der Waals surface area contributed by atoms with Crippen molar-refractivity contribution in [1.29, 1.82) is 0 Å². The summed E-state index contributed by atoms with van der Waals surface area (Å²) in [7, 11) is 0. The molecule has 0 saturated carbocycles. The lowest BCUT2D eigenvalue weighted by atomic mass is 9.99. The Morgan fingerprint density at radius 1 is 1.29 bits per heavy atom. The fourth-order valence-corrected chi connectivity index (χ4v) is 3.66. The van der Waals surface area contributed by atoms with E-state index in [4.69, 9.17) is 4.74 Å². The number of nitrogens with zero attached hydrogens (tertiary/aromatic N) is 1. The van der Waals surface area contributed by atoms with Crippen LogP contribution in [0.3, 0.4) is 0 Å². The average Bonchev–Trinajstić information content (AvgIpc) is 3.07. The van der Waals surface area contributed by atoms with Gasteiger partial charge in [0.05, 0.1) is 13.0 Å². The van der Waals surface area contributed by atoms with Gasteiger partial charge in [-0.2, -0.15) is 0 Å². The third-order valence-corrected chi connectivity index (χ3v) is 5.10. The van der Waals surface area contributed by atoms with Crippen molar-refractivity contribution in [3.8, 4) is 5.75 Å². The zero-order chi connectivity index (χ0) is 19.5. The number of fused-ring (bicyclic) bond motifs is 1. The van der Waals surface area contributed by atoms with Crippen LogP contribution < -0.4 is 15.4 Å². The molecule has 1 atom stereocenters. The standard InChI is InChI=1S/C21H22FN3O3/c22-17-5-1-2-6-19(17)28-13-14-4-3-9-25(12-14)21(27)23-16-7-8-18-15(10-16)11-20(26)24-18/h1-2,5-8,10,14H,3-4,9,11-13H2,(H,23,27)(H,24,26)/t14-/m0/s1. The number of likely N-dealkylation sites (tertiary alicyclic amines) is 1. The van der Waals surface area contributed by atoms with Crippen LogP contribution in [0.1, 0.15) is 18.4 Å². The predicted octanol–water partition coefficient (Wildman–Crippen LogP) is 3.64. The van der Waals surface area contributed by atoms with Crippen LogP contribution in [0.5, 0.6) is 5.75 Å². The molecular formula is C21H22FN3O3. The minimum atomic E-state index is -0.377. The van der Waals surface area contributed by atoms with E-state index >= 15 is 0 Å². The summed E-state index contributed by atoms with van der Waals surface area (Å²) in [4.78, 5) is 25.9. The summed E-state index contributed by atoms with van der Waals surface area (Å²) in [6.07, 6.45) is 2.14. The Kier molecular flexibility index (Phi) is 5.14. The normalized spacial score (nSPS) is 18.4. The Bertz CT molecular complexity index is 902. The number of carbonyl (C=O) groups is 2. The summed E-state index contributed by atoms with van der Waals surface area (Å²) in [5, 5.41) is 5.68. The molecule has 7 heteroatoms. The molecule has 2 aromatic rings. The van der Waals surface area contributed by atoms with Gasteiger partial charge in [-0.15, -0.1) is 0 Å². The molecule has 2 aromatic carbocycles. The van der Waals surface area contributed by atoms with Crippen molar-refractivity contribution in [2.45, 2.75) is 19.3 Å². The van der Waals surface area contributed by atoms with Crippen LogP contribution in [0.25, 0.3) is 0 Å². The highest BCUT2D eigenvalue weighted by Gasteiger charge is 2.25. The van der Waals surface area contributed by atoms with Crippen LogP contribution in [-0.2, 0) is 11.2 Å². The first-order chi connectivity index (χ1) is 13.6. The minimum Gasteiger partial charge on any atom is -0.490 e. The topological polar surface area (TPSA) is 70.7 Å². The lowest BCUT2D eigenvalue weighted by Gasteiger charge is -2.32. The SMILES string of the molecule is O=C1Cc2cc(NC(=O)N3CCC[C@H](COc4ccccc4F)C3)ccc2N1. The lowest BCUT2D eigenvalue weighted by Crippen LogP contribution is -2.43. The molecule has 6 nitrogen and oxygen atoms in total. The quantitative estimate of drug-likeness (QED) is 0.847. The molecule has 3 amide bonds. The fourth-order valence-electron chi connectivity index (χ4n) is 3.66. The number of amides is 3. The minimum absolute atomic E-state index is 0.0350. The molecule has 0 aromatic heterocycles. The van der Waals surface area contributed by atoms with E-state index in [0.717, 1.165) is 24.1 Å². The maximum Gasteiger partial charge on any atom is 0.321 e. The largest absolute Gasteiger partial charge is 0.490 e. The molecule has 0 spiro atoms. The average molecular weight is 383 g/mol. The molecule has 1 saturated heterocycles. The van der Waals surface area contributed by atoms with Crippen LogP contribution in [0, 0.1) is 11.7 Å². The summed E-state index contributed by atoms with van der Waals surface area (Å²) in [5.74, 6) is -0.0176. The molecule has 2 heterocycles. The predicted molar refractivity (Wildman–Crippen MR) is 104 cm³/mol. The molecule has 28 heavy (non-hydrogen) atoms.